The highest BCUT2D eigenvalue weighted by molar-refractivity contribution is 9.09. The predicted molar refractivity (Wildman–Crippen MR) is 64.1 cm³/mol. The van der Waals surface area contributed by atoms with Gasteiger partial charge in [0, 0.05) is 4.83 Å². The van der Waals surface area contributed by atoms with E-state index in [-0.39, 0.29) is 0 Å². The van der Waals surface area contributed by atoms with Crippen molar-refractivity contribution in [1.82, 2.24) is 0 Å². The Kier molecular flexibility index (Phi) is 4.46. The Balaban J connectivity index is 2.64. The third-order valence-corrected chi connectivity index (χ3v) is 2.43. The first-order valence-electron chi connectivity index (χ1n) is 4.96. The van der Waals surface area contributed by atoms with Crippen molar-refractivity contribution >= 4 is 15.9 Å². The summed E-state index contributed by atoms with van der Waals surface area (Å²) in [5, 5.41) is 0. The van der Waals surface area contributed by atoms with Gasteiger partial charge in [-0.2, -0.15) is 0 Å². The predicted octanol–water partition coefficient (Wildman–Crippen LogP) is 4.18. The lowest BCUT2D eigenvalue weighted by Gasteiger charge is -2.10. The van der Waals surface area contributed by atoms with Crippen molar-refractivity contribution in [2.45, 2.75) is 25.6 Å². The van der Waals surface area contributed by atoms with Crippen molar-refractivity contribution < 1.29 is 4.74 Å². The summed E-state index contributed by atoms with van der Waals surface area (Å²) in [6, 6.07) is 8.22. The number of halogens is 1. The monoisotopic (exact) mass is 256 g/mol. The van der Waals surface area contributed by atoms with E-state index in [1.807, 2.05) is 12.1 Å². The highest BCUT2D eigenvalue weighted by Gasteiger charge is 2.02. The third-order valence-electron chi connectivity index (χ3n) is 1.90. The van der Waals surface area contributed by atoms with Gasteiger partial charge >= 0.3 is 0 Å². The molecule has 1 nitrogen and oxygen atoms in total. The van der Waals surface area contributed by atoms with Gasteiger partial charge < -0.3 is 4.74 Å². The summed E-state index contributed by atoms with van der Waals surface area (Å²) in [6.07, 6.45) is 0. The number of alkyl halides is 1. The van der Waals surface area contributed by atoms with E-state index in [0.29, 0.717) is 10.7 Å². The molecule has 0 N–H and O–H groups in total. The van der Waals surface area contributed by atoms with Gasteiger partial charge in [-0.05, 0) is 30.5 Å². The first-order valence-corrected chi connectivity index (χ1v) is 5.88. The number of hydrogen-bond acceptors (Lipinski definition) is 1. The second-order valence-electron chi connectivity index (χ2n) is 3.89. The van der Waals surface area contributed by atoms with Crippen molar-refractivity contribution in [2.75, 3.05) is 6.61 Å². The zero-order valence-electron chi connectivity index (χ0n) is 8.96. The topological polar surface area (TPSA) is 9.23 Å². The molecule has 0 aliphatic carbocycles. The maximum atomic E-state index is 5.64. The van der Waals surface area contributed by atoms with Crippen LogP contribution in [0.4, 0.5) is 0 Å². The smallest absolute Gasteiger partial charge is 0.119 e. The molecule has 0 saturated carbocycles. The SMILES string of the molecule is CC(C)COc1cccc(C(C)Br)c1. The molecule has 0 bridgehead atoms. The molecule has 0 radical (unpaired) electrons. The van der Waals surface area contributed by atoms with E-state index in [4.69, 9.17) is 4.74 Å². The molecule has 1 unspecified atom stereocenters. The number of hydrogen-bond donors (Lipinski definition) is 0. The Hall–Kier alpha value is -0.500. The molecule has 0 aromatic heterocycles. The van der Waals surface area contributed by atoms with Gasteiger partial charge in [0.2, 0.25) is 0 Å². The zero-order valence-corrected chi connectivity index (χ0v) is 10.5. The molecular formula is C12H17BrO. The van der Waals surface area contributed by atoms with Gasteiger partial charge in [0.05, 0.1) is 6.61 Å². The van der Waals surface area contributed by atoms with Crippen molar-refractivity contribution in [3.05, 3.63) is 29.8 Å². The summed E-state index contributed by atoms with van der Waals surface area (Å²) in [6.45, 7) is 7.19. The van der Waals surface area contributed by atoms with E-state index in [0.717, 1.165) is 12.4 Å². The van der Waals surface area contributed by atoms with E-state index >= 15 is 0 Å². The van der Waals surface area contributed by atoms with Crippen molar-refractivity contribution in [3.63, 3.8) is 0 Å². The first-order chi connectivity index (χ1) is 6.59. The molecule has 0 heterocycles. The normalized spacial score (nSPS) is 12.9. The van der Waals surface area contributed by atoms with E-state index in [1.165, 1.54) is 5.56 Å². The van der Waals surface area contributed by atoms with Crippen LogP contribution in [-0.2, 0) is 0 Å². The molecule has 2 heteroatoms. The third kappa shape index (κ3) is 3.70. The molecule has 14 heavy (non-hydrogen) atoms. The van der Waals surface area contributed by atoms with Crippen LogP contribution in [-0.4, -0.2) is 6.61 Å². The highest BCUT2D eigenvalue weighted by Crippen LogP contribution is 2.25. The summed E-state index contributed by atoms with van der Waals surface area (Å²) in [5.41, 5.74) is 1.26. The van der Waals surface area contributed by atoms with Crippen LogP contribution in [0.5, 0.6) is 5.75 Å². The molecule has 0 fully saturated rings. The van der Waals surface area contributed by atoms with Gasteiger partial charge in [0.1, 0.15) is 5.75 Å². The van der Waals surface area contributed by atoms with Gasteiger partial charge in [-0.25, -0.2) is 0 Å². The van der Waals surface area contributed by atoms with E-state index < -0.39 is 0 Å². The fourth-order valence-electron chi connectivity index (χ4n) is 1.11. The average molecular weight is 257 g/mol. The summed E-state index contributed by atoms with van der Waals surface area (Å²) >= 11 is 3.54. The summed E-state index contributed by atoms with van der Waals surface area (Å²) in [7, 11) is 0. The maximum absolute atomic E-state index is 5.64. The summed E-state index contributed by atoms with van der Waals surface area (Å²) < 4.78 is 5.64. The van der Waals surface area contributed by atoms with Crippen molar-refractivity contribution in [1.29, 1.82) is 0 Å². The molecular weight excluding hydrogens is 240 g/mol. The van der Waals surface area contributed by atoms with Crippen LogP contribution in [0.1, 0.15) is 31.2 Å². The number of rotatable bonds is 4. The van der Waals surface area contributed by atoms with Crippen LogP contribution in [0, 0.1) is 5.92 Å². The second-order valence-corrected chi connectivity index (χ2v) is 5.27. The standard InChI is InChI=1S/C12H17BrO/c1-9(2)8-14-12-6-4-5-11(7-12)10(3)13/h4-7,9-10H,8H2,1-3H3. The minimum atomic E-state index is 0.380. The van der Waals surface area contributed by atoms with Crippen LogP contribution < -0.4 is 4.74 Å². The van der Waals surface area contributed by atoms with Gasteiger partial charge in [-0.1, -0.05) is 41.9 Å². The fourth-order valence-corrected chi connectivity index (χ4v) is 1.40. The van der Waals surface area contributed by atoms with Crippen LogP contribution in [0.3, 0.4) is 0 Å². The van der Waals surface area contributed by atoms with Crippen LogP contribution in [0.15, 0.2) is 24.3 Å². The molecule has 0 saturated heterocycles. The minimum Gasteiger partial charge on any atom is -0.493 e. The lowest BCUT2D eigenvalue weighted by Crippen LogP contribution is -2.04. The molecule has 0 spiro atoms. The Morgan fingerprint density at radius 1 is 1.29 bits per heavy atom. The summed E-state index contributed by atoms with van der Waals surface area (Å²) in [4.78, 5) is 0.380. The Morgan fingerprint density at radius 2 is 2.00 bits per heavy atom. The highest BCUT2D eigenvalue weighted by atomic mass is 79.9. The van der Waals surface area contributed by atoms with Crippen LogP contribution in [0.25, 0.3) is 0 Å². The second kappa shape index (κ2) is 5.40. The quantitative estimate of drug-likeness (QED) is 0.735. The van der Waals surface area contributed by atoms with Gasteiger partial charge in [0.15, 0.2) is 0 Å². The lowest BCUT2D eigenvalue weighted by atomic mass is 10.1. The summed E-state index contributed by atoms with van der Waals surface area (Å²) in [5.74, 6) is 1.53. The largest absolute Gasteiger partial charge is 0.493 e. The minimum absolute atomic E-state index is 0.380. The molecule has 1 aromatic carbocycles. The number of benzene rings is 1. The van der Waals surface area contributed by atoms with Crippen molar-refractivity contribution in [2.24, 2.45) is 5.92 Å². The first kappa shape index (κ1) is 11.6. The van der Waals surface area contributed by atoms with Crippen LogP contribution >= 0.6 is 15.9 Å². The van der Waals surface area contributed by atoms with Crippen LogP contribution in [0.2, 0.25) is 0 Å². The Bertz CT molecular complexity index is 281. The molecule has 78 valence electrons. The van der Waals surface area contributed by atoms with E-state index in [9.17, 15) is 0 Å². The van der Waals surface area contributed by atoms with Gasteiger partial charge in [-0.15, -0.1) is 0 Å². The Morgan fingerprint density at radius 3 is 2.57 bits per heavy atom. The van der Waals surface area contributed by atoms with Crippen molar-refractivity contribution in [3.8, 4) is 5.75 Å². The molecule has 0 aliphatic heterocycles. The van der Waals surface area contributed by atoms with E-state index in [1.54, 1.807) is 0 Å². The Labute approximate surface area is 94.6 Å². The number of ether oxygens (including phenoxy) is 1. The maximum Gasteiger partial charge on any atom is 0.119 e. The van der Waals surface area contributed by atoms with Gasteiger partial charge in [-0.3, -0.25) is 0 Å². The molecule has 1 atom stereocenters. The van der Waals surface area contributed by atoms with Gasteiger partial charge in [0.25, 0.3) is 0 Å². The molecule has 0 aliphatic rings. The molecule has 1 aromatic rings. The average Bonchev–Trinajstić information content (AvgIpc) is 2.15. The molecule has 0 amide bonds. The zero-order chi connectivity index (χ0) is 10.6. The fraction of sp³-hybridized carbons (Fsp3) is 0.500. The molecule has 1 rings (SSSR count). The lowest BCUT2D eigenvalue weighted by molar-refractivity contribution is 0.271. The van der Waals surface area contributed by atoms with E-state index in [2.05, 4.69) is 48.8 Å².